The zero-order chi connectivity index (χ0) is 14.3. The third-order valence-corrected chi connectivity index (χ3v) is 2.91. The smallest absolute Gasteiger partial charge is 0.509 e. The molecule has 3 nitrogen and oxygen atoms in total. The fraction of sp³-hybridized carbons (Fsp3) is 0.538. The molecule has 0 spiro atoms. The normalized spacial score (nSPS) is 10.6. The van der Waals surface area contributed by atoms with Crippen LogP contribution in [-0.4, -0.2) is 17.4 Å². The molecule has 2 N–H and O–H groups in total. The van der Waals surface area contributed by atoms with E-state index in [-0.39, 0.29) is 5.56 Å². The van der Waals surface area contributed by atoms with Gasteiger partial charge in [0.05, 0.1) is 0 Å². The Bertz CT molecular complexity index is 400. The van der Waals surface area contributed by atoms with Crippen molar-refractivity contribution in [1.29, 1.82) is 0 Å². The number of hydrogen-bond acceptors (Lipinski definition) is 3. The summed E-state index contributed by atoms with van der Waals surface area (Å²) in [7, 11) is -2.16. The van der Waals surface area contributed by atoms with Gasteiger partial charge in [-0.1, -0.05) is 38.7 Å². The van der Waals surface area contributed by atoms with Crippen LogP contribution < -0.4 is 4.65 Å². The molecule has 0 aliphatic heterocycles. The first-order valence-corrected chi connectivity index (χ1v) is 6.56. The molecular formula is C13H19BF2O3. The molecule has 0 bridgehead atoms. The monoisotopic (exact) mass is 272 g/mol. The van der Waals surface area contributed by atoms with Crippen molar-refractivity contribution in [2.75, 3.05) is 0 Å². The first-order chi connectivity index (χ1) is 9.06. The molecule has 19 heavy (non-hydrogen) atoms. The van der Waals surface area contributed by atoms with Gasteiger partial charge in [0.25, 0.3) is 0 Å². The largest absolute Gasteiger partial charge is 0.707 e. The molecule has 0 heterocycles. The van der Waals surface area contributed by atoms with Crippen molar-refractivity contribution in [2.24, 2.45) is 0 Å². The minimum absolute atomic E-state index is 0.286. The van der Waals surface area contributed by atoms with Crippen LogP contribution in [0.3, 0.4) is 0 Å². The van der Waals surface area contributed by atoms with Crippen LogP contribution in [0.25, 0.3) is 0 Å². The van der Waals surface area contributed by atoms with Gasteiger partial charge in [0.1, 0.15) is 5.75 Å². The topological polar surface area (TPSA) is 49.7 Å². The van der Waals surface area contributed by atoms with Crippen LogP contribution in [0.2, 0.25) is 0 Å². The number of rotatable bonds is 8. The van der Waals surface area contributed by atoms with Gasteiger partial charge >= 0.3 is 7.32 Å². The maximum atomic E-state index is 13.7. The minimum atomic E-state index is -2.16. The molecule has 0 radical (unpaired) electrons. The van der Waals surface area contributed by atoms with Gasteiger partial charge in [-0.2, -0.15) is 4.39 Å². The zero-order valence-electron chi connectivity index (χ0n) is 11.0. The van der Waals surface area contributed by atoms with Crippen LogP contribution in [0.5, 0.6) is 5.75 Å². The molecule has 0 aliphatic carbocycles. The van der Waals surface area contributed by atoms with Crippen LogP contribution in [-0.2, 0) is 6.42 Å². The second-order valence-corrected chi connectivity index (χ2v) is 4.46. The molecule has 0 aliphatic rings. The number of hydrogen-bond donors (Lipinski definition) is 2. The quantitative estimate of drug-likeness (QED) is 0.565. The molecule has 1 rings (SSSR count). The lowest BCUT2D eigenvalue weighted by Gasteiger charge is -2.09. The average Bonchev–Trinajstić information content (AvgIpc) is 2.37. The lowest BCUT2D eigenvalue weighted by atomic mass is 10.0. The lowest BCUT2D eigenvalue weighted by Crippen LogP contribution is -2.21. The molecule has 1 aromatic rings. The zero-order valence-corrected chi connectivity index (χ0v) is 11.0. The van der Waals surface area contributed by atoms with Gasteiger partial charge in [-0.25, -0.2) is 4.39 Å². The number of halogens is 2. The molecule has 0 unspecified atom stereocenters. The molecule has 0 aromatic heterocycles. The molecule has 0 saturated heterocycles. The van der Waals surface area contributed by atoms with E-state index in [1.165, 1.54) is 12.1 Å². The molecule has 6 heteroatoms. The van der Waals surface area contributed by atoms with Crippen LogP contribution in [0.1, 0.15) is 44.6 Å². The van der Waals surface area contributed by atoms with Crippen molar-refractivity contribution in [3.8, 4) is 5.75 Å². The van der Waals surface area contributed by atoms with Gasteiger partial charge < -0.3 is 14.7 Å². The highest BCUT2D eigenvalue weighted by Crippen LogP contribution is 2.24. The predicted molar refractivity (Wildman–Crippen MR) is 69.6 cm³/mol. The average molecular weight is 272 g/mol. The Hall–Kier alpha value is -1.14. The van der Waals surface area contributed by atoms with E-state index in [2.05, 4.69) is 11.6 Å². The molecule has 0 amide bonds. The third kappa shape index (κ3) is 5.16. The summed E-state index contributed by atoms with van der Waals surface area (Å²) in [4.78, 5) is 0. The van der Waals surface area contributed by atoms with Crippen LogP contribution in [0.4, 0.5) is 8.78 Å². The van der Waals surface area contributed by atoms with Crippen LogP contribution in [0.15, 0.2) is 12.1 Å². The van der Waals surface area contributed by atoms with Gasteiger partial charge in [-0.15, -0.1) is 0 Å². The van der Waals surface area contributed by atoms with Gasteiger partial charge in [-0.3, -0.25) is 0 Å². The van der Waals surface area contributed by atoms with Gasteiger partial charge in [-0.05, 0) is 24.5 Å². The van der Waals surface area contributed by atoms with E-state index in [9.17, 15) is 8.78 Å². The Labute approximate surface area is 112 Å². The summed E-state index contributed by atoms with van der Waals surface area (Å²) in [6.07, 6.45) is 5.64. The van der Waals surface area contributed by atoms with Gasteiger partial charge in [0.2, 0.25) is 0 Å². The van der Waals surface area contributed by atoms with E-state index in [0.29, 0.717) is 6.42 Å². The summed E-state index contributed by atoms with van der Waals surface area (Å²) >= 11 is 0. The first-order valence-electron chi connectivity index (χ1n) is 6.56. The van der Waals surface area contributed by atoms with E-state index in [4.69, 9.17) is 10.0 Å². The SMILES string of the molecule is CCCCCCCc1ccc(OB(O)O)c(F)c1F. The fourth-order valence-electron chi connectivity index (χ4n) is 1.89. The van der Waals surface area contributed by atoms with Crippen LogP contribution in [0, 0.1) is 11.6 Å². The third-order valence-electron chi connectivity index (χ3n) is 2.91. The minimum Gasteiger partial charge on any atom is -0.509 e. The van der Waals surface area contributed by atoms with Crippen molar-refractivity contribution in [3.63, 3.8) is 0 Å². The van der Waals surface area contributed by atoms with E-state index in [1.54, 1.807) is 0 Å². The molecule has 0 saturated carbocycles. The molecular weight excluding hydrogens is 253 g/mol. The number of aryl methyl sites for hydroxylation is 1. The van der Waals surface area contributed by atoms with Crippen molar-refractivity contribution >= 4 is 7.32 Å². The van der Waals surface area contributed by atoms with Gasteiger partial charge in [0.15, 0.2) is 11.6 Å². The second kappa shape index (κ2) is 8.12. The Kier molecular flexibility index (Phi) is 6.80. The molecule has 0 atom stereocenters. The molecule has 106 valence electrons. The molecule has 1 aromatic carbocycles. The Morgan fingerprint density at radius 2 is 1.74 bits per heavy atom. The molecule has 0 fully saturated rings. The maximum absolute atomic E-state index is 13.7. The van der Waals surface area contributed by atoms with Gasteiger partial charge in [0, 0.05) is 0 Å². The van der Waals surface area contributed by atoms with Crippen molar-refractivity contribution < 1.29 is 23.5 Å². The van der Waals surface area contributed by atoms with Crippen molar-refractivity contribution in [3.05, 3.63) is 29.3 Å². The highest BCUT2D eigenvalue weighted by atomic mass is 19.2. The highest BCUT2D eigenvalue weighted by Gasteiger charge is 2.19. The predicted octanol–water partition coefficient (Wildman–Crippen LogP) is 2.83. The highest BCUT2D eigenvalue weighted by molar-refractivity contribution is 6.33. The van der Waals surface area contributed by atoms with E-state index in [1.807, 2.05) is 0 Å². The fourth-order valence-corrected chi connectivity index (χ4v) is 1.89. The van der Waals surface area contributed by atoms with Crippen molar-refractivity contribution in [2.45, 2.75) is 45.4 Å². The van der Waals surface area contributed by atoms with Crippen molar-refractivity contribution in [1.82, 2.24) is 0 Å². The lowest BCUT2D eigenvalue weighted by molar-refractivity contribution is 0.279. The summed E-state index contributed by atoms with van der Waals surface area (Å²) in [5.41, 5.74) is 0.286. The number of unbranched alkanes of at least 4 members (excludes halogenated alkanes) is 4. The summed E-state index contributed by atoms with van der Waals surface area (Å²) < 4.78 is 31.5. The summed E-state index contributed by atoms with van der Waals surface area (Å²) in [5, 5.41) is 17.1. The van der Waals surface area contributed by atoms with E-state index < -0.39 is 24.7 Å². The first kappa shape index (κ1) is 15.9. The summed E-state index contributed by atoms with van der Waals surface area (Å²) in [6, 6.07) is 2.62. The Balaban J connectivity index is 2.58. The summed E-state index contributed by atoms with van der Waals surface area (Å²) in [6.45, 7) is 2.11. The standard InChI is InChI=1S/C13H19BF2O3/c1-2-3-4-5-6-7-10-8-9-11(19-14(17)18)13(16)12(10)15/h8-9,17-18H,2-7H2,1H3. The Morgan fingerprint density at radius 1 is 1.05 bits per heavy atom. The van der Waals surface area contributed by atoms with Crippen LogP contribution >= 0.6 is 0 Å². The Morgan fingerprint density at radius 3 is 2.37 bits per heavy atom. The van der Waals surface area contributed by atoms with E-state index in [0.717, 1.165) is 32.1 Å². The summed E-state index contributed by atoms with van der Waals surface area (Å²) in [5.74, 6) is -2.66. The second-order valence-electron chi connectivity index (χ2n) is 4.46. The number of benzene rings is 1. The van der Waals surface area contributed by atoms with E-state index >= 15 is 0 Å². The maximum Gasteiger partial charge on any atom is 0.707 e.